The average Bonchev–Trinajstić information content (AvgIpc) is 2.54. The number of nitrogens with zero attached hydrogens (tertiary/aromatic N) is 1. The SMILES string of the molecule is CCOCCCN1C(=O)CCCc2cc(N)ccc21. The number of benzene rings is 1. The number of anilines is 2. The number of hydrogen-bond acceptors (Lipinski definition) is 3. The van der Waals surface area contributed by atoms with Crippen molar-refractivity contribution in [3.8, 4) is 0 Å². The van der Waals surface area contributed by atoms with E-state index in [-0.39, 0.29) is 5.91 Å². The molecule has 1 aromatic carbocycles. The van der Waals surface area contributed by atoms with Gasteiger partial charge in [-0.1, -0.05) is 0 Å². The van der Waals surface area contributed by atoms with Crippen LogP contribution in [-0.4, -0.2) is 25.7 Å². The summed E-state index contributed by atoms with van der Waals surface area (Å²) in [6.45, 7) is 4.12. The Morgan fingerprint density at radius 2 is 2.21 bits per heavy atom. The van der Waals surface area contributed by atoms with Crippen molar-refractivity contribution in [1.29, 1.82) is 0 Å². The molecule has 2 rings (SSSR count). The van der Waals surface area contributed by atoms with Crippen LogP contribution >= 0.6 is 0 Å². The number of nitrogen functional groups attached to an aromatic ring is 1. The van der Waals surface area contributed by atoms with Gasteiger partial charge in [-0.05, 0) is 49.9 Å². The van der Waals surface area contributed by atoms with E-state index in [2.05, 4.69) is 0 Å². The van der Waals surface area contributed by atoms with E-state index in [0.29, 0.717) is 13.0 Å². The van der Waals surface area contributed by atoms with E-state index in [1.807, 2.05) is 30.0 Å². The molecular formula is C15H22N2O2. The van der Waals surface area contributed by atoms with Gasteiger partial charge in [0.15, 0.2) is 0 Å². The average molecular weight is 262 g/mol. The molecule has 0 saturated carbocycles. The Morgan fingerprint density at radius 1 is 1.37 bits per heavy atom. The van der Waals surface area contributed by atoms with E-state index in [0.717, 1.165) is 43.8 Å². The van der Waals surface area contributed by atoms with E-state index in [1.165, 1.54) is 5.56 Å². The van der Waals surface area contributed by atoms with E-state index < -0.39 is 0 Å². The molecule has 4 heteroatoms. The molecule has 0 aliphatic carbocycles. The molecule has 1 aromatic rings. The zero-order valence-corrected chi connectivity index (χ0v) is 11.5. The standard InChI is InChI=1S/C15H22N2O2/c1-2-19-10-4-9-17-14-8-7-13(16)11-12(14)5-3-6-15(17)18/h7-8,11H,2-6,9-10,16H2,1H3. The number of amides is 1. The zero-order chi connectivity index (χ0) is 13.7. The molecule has 1 heterocycles. The second-order valence-electron chi connectivity index (χ2n) is 4.84. The lowest BCUT2D eigenvalue weighted by Crippen LogP contribution is -2.31. The van der Waals surface area contributed by atoms with Crippen molar-refractivity contribution in [2.75, 3.05) is 30.4 Å². The number of hydrogen-bond donors (Lipinski definition) is 1. The summed E-state index contributed by atoms with van der Waals surface area (Å²) in [5.41, 5.74) is 8.80. The molecular weight excluding hydrogens is 240 g/mol. The van der Waals surface area contributed by atoms with Crippen LogP contribution in [0.25, 0.3) is 0 Å². The Bertz CT molecular complexity index is 446. The molecule has 0 aromatic heterocycles. The van der Waals surface area contributed by atoms with Crippen LogP contribution in [0.4, 0.5) is 11.4 Å². The monoisotopic (exact) mass is 262 g/mol. The molecule has 0 saturated heterocycles. The van der Waals surface area contributed by atoms with E-state index >= 15 is 0 Å². The molecule has 1 aliphatic heterocycles. The van der Waals surface area contributed by atoms with Crippen LogP contribution in [0.2, 0.25) is 0 Å². The third kappa shape index (κ3) is 3.47. The number of carbonyl (C=O) groups excluding carboxylic acids is 1. The van der Waals surface area contributed by atoms with Gasteiger partial charge < -0.3 is 15.4 Å². The number of aryl methyl sites for hydroxylation is 1. The number of nitrogens with two attached hydrogens (primary N) is 1. The number of fused-ring (bicyclic) bond motifs is 1. The third-order valence-electron chi connectivity index (χ3n) is 3.41. The summed E-state index contributed by atoms with van der Waals surface area (Å²) in [7, 11) is 0. The van der Waals surface area contributed by atoms with Crippen molar-refractivity contribution in [2.24, 2.45) is 0 Å². The van der Waals surface area contributed by atoms with Crippen molar-refractivity contribution < 1.29 is 9.53 Å². The molecule has 0 bridgehead atoms. The zero-order valence-electron chi connectivity index (χ0n) is 11.5. The largest absolute Gasteiger partial charge is 0.399 e. The molecule has 0 radical (unpaired) electrons. The Hall–Kier alpha value is -1.55. The summed E-state index contributed by atoms with van der Waals surface area (Å²) in [6, 6.07) is 5.82. The number of rotatable bonds is 5. The summed E-state index contributed by atoms with van der Waals surface area (Å²) in [6.07, 6.45) is 3.30. The Kier molecular flexibility index (Phi) is 4.80. The highest BCUT2D eigenvalue weighted by Gasteiger charge is 2.21. The van der Waals surface area contributed by atoms with Crippen LogP contribution in [0, 0.1) is 0 Å². The van der Waals surface area contributed by atoms with Gasteiger partial charge in [0.05, 0.1) is 0 Å². The second kappa shape index (κ2) is 6.57. The van der Waals surface area contributed by atoms with Crippen LogP contribution < -0.4 is 10.6 Å². The van der Waals surface area contributed by atoms with Crippen molar-refractivity contribution in [3.05, 3.63) is 23.8 Å². The van der Waals surface area contributed by atoms with Crippen molar-refractivity contribution >= 4 is 17.3 Å². The summed E-state index contributed by atoms with van der Waals surface area (Å²) in [5, 5.41) is 0. The summed E-state index contributed by atoms with van der Waals surface area (Å²) in [4.78, 5) is 14.1. The quantitative estimate of drug-likeness (QED) is 0.654. The fourth-order valence-electron chi connectivity index (χ4n) is 2.48. The van der Waals surface area contributed by atoms with Crippen molar-refractivity contribution in [1.82, 2.24) is 0 Å². The van der Waals surface area contributed by atoms with E-state index in [1.54, 1.807) is 0 Å². The number of ether oxygens (including phenoxy) is 1. The first kappa shape index (κ1) is 13.9. The first-order valence-corrected chi connectivity index (χ1v) is 6.99. The second-order valence-corrected chi connectivity index (χ2v) is 4.84. The van der Waals surface area contributed by atoms with Gasteiger partial charge in [0.2, 0.25) is 5.91 Å². The molecule has 1 aliphatic rings. The molecule has 0 fully saturated rings. The van der Waals surface area contributed by atoms with Crippen molar-refractivity contribution in [3.63, 3.8) is 0 Å². The molecule has 2 N–H and O–H groups in total. The highest BCUT2D eigenvalue weighted by molar-refractivity contribution is 5.95. The fourth-order valence-corrected chi connectivity index (χ4v) is 2.48. The lowest BCUT2D eigenvalue weighted by Gasteiger charge is -2.23. The van der Waals surface area contributed by atoms with Gasteiger partial charge in [-0.25, -0.2) is 0 Å². The normalized spacial score (nSPS) is 15.2. The number of carbonyl (C=O) groups is 1. The van der Waals surface area contributed by atoms with E-state index in [9.17, 15) is 4.79 Å². The van der Waals surface area contributed by atoms with Gasteiger partial charge in [-0.3, -0.25) is 4.79 Å². The van der Waals surface area contributed by atoms with Crippen LogP contribution in [0.1, 0.15) is 31.7 Å². The highest BCUT2D eigenvalue weighted by atomic mass is 16.5. The van der Waals surface area contributed by atoms with Gasteiger partial charge in [-0.15, -0.1) is 0 Å². The summed E-state index contributed by atoms with van der Waals surface area (Å²) >= 11 is 0. The Labute approximate surface area is 114 Å². The maximum Gasteiger partial charge on any atom is 0.226 e. The summed E-state index contributed by atoms with van der Waals surface area (Å²) in [5.74, 6) is 0.208. The molecule has 19 heavy (non-hydrogen) atoms. The topological polar surface area (TPSA) is 55.6 Å². The lowest BCUT2D eigenvalue weighted by atomic mass is 10.1. The maximum atomic E-state index is 12.2. The predicted octanol–water partition coefficient (Wildman–Crippen LogP) is 2.36. The molecule has 1 amide bonds. The van der Waals surface area contributed by atoms with Gasteiger partial charge in [0, 0.05) is 37.6 Å². The Morgan fingerprint density at radius 3 is 3.00 bits per heavy atom. The van der Waals surface area contributed by atoms with Gasteiger partial charge in [-0.2, -0.15) is 0 Å². The highest BCUT2D eigenvalue weighted by Crippen LogP contribution is 2.28. The predicted molar refractivity (Wildman–Crippen MR) is 77.3 cm³/mol. The lowest BCUT2D eigenvalue weighted by molar-refractivity contribution is -0.118. The maximum absolute atomic E-state index is 12.2. The molecule has 104 valence electrons. The first-order chi connectivity index (χ1) is 9.22. The minimum Gasteiger partial charge on any atom is -0.399 e. The van der Waals surface area contributed by atoms with E-state index in [4.69, 9.17) is 10.5 Å². The fraction of sp³-hybridized carbons (Fsp3) is 0.533. The third-order valence-corrected chi connectivity index (χ3v) is 3.41. The molecule has 0 atom stereocenters. The van der Waals surface area contributed by atoms with Crippen LogP contribution in [0.3, 0.4) is 0 Å². The van der Waals surface area contributed by atoms with Crippen LogP contribution in [0.15, 0.2) is 18.2 Å². The first-order valence-electron chi connectivity index (χ1n) is 6.99. The minimum absolute atomic E-state index is 0.208. The Balaban J connectivity index is 2.13. The van der Waals surface area contributed by atoms with Crippen molar-refractivity contribution in [2.45, 2.75) is 32.6 Å². The molecule has 0 spiro atoms. The van der Waals surface area contributed by atoms with Crippen LogP contribution in [-0.2, 0) is 16.0 Å². The van der Waals surface area contributed by atoms with Crippen LogP contribution in [0.5, 0.6) is 0 Å². The van der Waals surface area contributed by atoms with Gasteiger partial charge >= 0.3 is 0 Å². The minimum atomic E-state index is 0.208. The smallest absolute Gasteiger partial charge is 0.226 e. The molecule has 0 unspecified atom stereocenters. The molecule has 4 nitrogen and oxygen atoms in total. The summed E-state index contributed by atoms with van der Waals surface area (Å²) < 4.78 is 5.34. The van der Waals surface area contributed by atoms with Gasteiger partial charge in [0.1, 0.15) is 0 Å². The van der Waals surface area contributed by atoms with Gasteiger partial charge in [0.25, 0.3) is 0 Å².